The van der Waals surface area contributed by atoms with Crippen molar-refractivity contribution in [2.24, 2.45) is 0 Å². The number of halogens is 1. The maximum absolute atomic E-state index is 9.50. The van der Waals surface area contributed by atoms with Gasteiger partial charge in [0.25, 0.3) is 0 Å². The van der Waals surface area contributed by atoms with E-state index >= 15 is 0 Å². The summed E-state index contributed by atoms with van der Waals surface area (Å²) in [7, 11) is 0.500. The SMILES string of the molecule is C=CC.CC=C(C)C.CCCCCCc1ccc(-c2cc(-c3ccccc3)c3cc4nc(-c5ccccc5)cc(-c5ccccc5)c4cc3n2)cc1.CF. The quantitative estimate of drug-likeness (QED) is 0.0845. The lowest BCUT2D eigenvalue weighted by Crippen LogP contribution is -1.94. The smallest absolute Gasteiger partial charge is 0.0785 e. The second-order valence-corrected chi connectivity index (χ2v) is 13.4. The molecule has 2 aromatic heterocycles. The summed E-state index contributed by atoms with van der Waals surface area (Å²) in [5.74, 6) is 0. The predicted molar refractivity (Wildman–Crippen MR) is 235 cm³/mol. The van der Waals surface area contributed by atoms with Crippen molar-refractivity contribution in [3.8, 4) is 44.8 Å². The molecule has 0 aliphatic heterocycles. The van der Waals surface area contributed by atoms with Crippen LogP contribution in [-0.4, -0.2) is 17.1 Å². The van der Waals surface area contributed by atoms with Gasteiger partial charge in [-0.25, -0.2) is 9.97 Å². The topological polar surface area (TPSA) is 25.8 Å². The van der Waals surface area contributed by atoms with Crippen molar-refractivity contribution in [1.29, 1.82) is 0 Å². The van der Waals surface area contributed by atoms with Gasteiger partial charge in [-0.15, -0.1) is 6.58 Å². The van der Waals surface area contributed by atoms with E-state index in [9.17, 15) is 4.39 Å². The van der Waals surface area contributed by atoms with Gasteiger partial charge in [-0.2, -0.15) is 0 Å². The first-order chi connectivity index (χ1) is 26.4. The van der Waals surface area contributed by atoms with Crippen molar-refractivity contribution in [3.05, 3.63) is 169 Å². The van der Waals surface area contributed by atoms with E-state index < -0.39 is 0 Å². The van der Waals surface area contributed by atoms with E-state index in [0.717, 1.165) is 56.3 Å². The van der Waals surface area contributed by atoms with Gasteiger partial charge in [-0.1, -0.05) is 159 Å². The Kier molecular flexibility index (Phi) is 16.6. The van der Waals surface area contributed by atoms with E-state index in [1.54, 1.807) is 6.08 Å². The van der Waals surface area contributed by atoms with E-state index in [0.29, 0.717) is 7.18 Å². The highest BCUT2D eigenvalue weighted by molar-refractivity contribution is 6.08. The Morgan fingerprint density at radius 3 is 1.33 bits per heavy atom. The number of unbranched alkanes of at least 4 members (excludes halogenated alkanes) is 3. The van der Waals surface area contributed by atoms with Crippen LogP contribution in [0.4, 0.5) is 4.39 Å². The lowest BCUT2D eigenvalue weighted by atomic mass is 9.94. The summed E-state index contributed by atoms with van der Waals surface area (Å²) in [6.07, 6.45) is 10.1. The fourth-order valence-corrected chi connectivity index (χ4v) is 6.16. The average Bonchev–Trinajstić information content (AvgIpc) is 3.23. The number of aromatic nitrogens is 2. The first kappa shape index (κ1) is 41.1. The molecule has 7 aromatic rings. The molecule has 0 fully saturated rings. The van der Waals surface area contributed by atoms with Crippen molar-refractivity contribution in [2.75, 3.05) is 7.18 Å². The Balaban J connectivity index is 0.000000586. The zero-order valence-electron chi connectivity index (χ0n) is 32.9. The van der Waals surface area contributed by atoms with Crippen molar-refractivity contribution >= 4 is 21.8 Å². The number of rotatable bonds is 9. The van der Waals surface area contributed by atoms with Crippen LogP contribution in [0.25, 0.3) is 66.6 Å². The fraction of sp³-hybridized carbons (Fsp3) is 0.216. The summed E-state index contributed by atoms with van der Waals surface area (Å²) < 4.78 is 9.50. The van der Waals surface area contributed by atoms with E-state index in [2.05, 4.69) is 167 Å². The number of hydrogen-bond acceptors (Lipinski definition) is 2. The van der Waals surface area contributed by atoms with Gasteiger partial charge >= 0.3 is 0 Å². The Bertz CT molecular complexity index is 2200. The standard InChI is InChI=1S/C42H36N2.C5H10.C3H6.CH3F/c1-2-3-4-8-15-30-22-24-34(25-23-30)40-27-36(32-18-11-6-12-19-32)38-28-41-37(29-42(38)44-40)35(31-16-9-5-10-17-31)26-39(43-41)33-20-13-7-14-21-33;1-4-5(2)3;1-3-2;1-2/h5-7,9-14,16-29H,2-4,8,15H2,1H3;4H,1-3H3;3H,1H2,2H3;1H3. The van der Waals surface area contributed by atoms with Crippen LogP contribution in [0.3, 0.4) is 0 Å². The molecule has 3 heteroatoms. The number of hydrogen-bond donors (Lipinski definition) is 0. The number of pyridine rings is 2. The van der Waals surface area contributed by atoms with Gasteiger partial charge in [0.05, 0.1) is 29.6 Å². The number of alkyl halides is 1. The molecule has 0 aliphatic rings. The molecule has 276 valence electrons. The van der Waals surface area contributed by atoms with Crippen LogP contribution in [0, 0.1) is 0 Å². The van der Waals surface area contributed by atoms with Gasteiger partial charge in [0, 0.05) is 21.9 Å². The molecule has 0 radical (unpaired) electrons. The highest BCUT2D eigenvalue weighted by atomic mass is 19.1. The monoisotopic (exact) mass is 714 g/mol. The van der Waals surface area contributed by atoms with Gasteiger partial charge in [-0.3, -0.25) is 4.39 Å². The number of nitrogens with zero attached hydrogens (tertiary/aromatic N) is 2. The Morgan fingerprint density at radius 2 is 0.944 bits per heavy atom. The molecule has 0 atom stereocenters. The minimum atomic E-state index is 0.500. The third-order valence-corrected chi connectivity index (χ3v) is 9.12. The van der Waals surface area contributed by atoms with Crippen LogP contribution in [0.1, 0.15) is 65.9 Å². The lowest BCUT2D eigenvalue weighted by Gasteiger charge is -2.15. The summed E-state index contributed by atoms with van der Waals surface area (Å²) in [6, 6.07) is 49.7. The molecule has 2 heterocycles. The second kappa shape index (κ2) is 21.8. The lowest BCUT2D eigenvalue weighted by molar-refractivity contribution is 0.636. The van der Waals surface area contributed by atoms with Crippen molar-refractivity contribution < 1.29 is 4.39 Å². The molecular formula is C51H55FN2. The zero-order valence-corrected chi connectivity index (χ0v) is 32.9. The number of allylic oxidation sites excluding steroid dienone is 3. The molecule has 0 spiro atoms. The van der Waals surface area contributed by atoms with E-state index in [1.807, 2.05) is 19.9 Å². The number of benzene rings is 5. The molecule has 0 amide bonds. The number of fused-ring (bicyclic) bond motifs is 2. The van der Waals surface area contributed by atoms with Gasteiger partial charge in [0.2, 0.25) is 0 Å². The largest absolute Gasteiger partial charge is 0.255 e. The maximum atomic E-state index is 9.50. The van der Waals surface area contributed by atoms with Crippen LogP contribution in [0.15, 0.2) is 164 Å². The first-order valence-electron chi connectivity index (χ1n) is 19.0. The summed E-state index contributed by atoms with van der Waals surface area (Å²) >= 11 is 0. The molecule has 5 aromatic carbocycles. The van der Waals surface area contributed by atoms with Gasteiger partial charge in [0.1, 0.15) is 0 Å². The van der Waals surface area contributed by atoms with E-state index in [1.165, 1.54) is 53.5 Å². The van der Waals surface area contributed by atoms with Crippen molar-refractivity contribution in [2.45, 2.75) is 66.7 Å². The molecule has 54 heavy (non-hydrogen) atoms. The molecular weight excluding hydrogens is 660 g/mol. The van der Waals surface area contributed by atoms with E-state index in [4.69, 9.17) is 9.97 Å². The Hall–Kier alpha value is -5.67. The third kappa shape index (κ3) is 11.2. The predicted octanol–water partition coefficient (Wildman–Crippen LogP) is 15.3. The van der Waals surface area contributed by atoms with Gasteiger partial charge in [-0.05, 0) is 92.6 Å². The van der Waals surface area contributed by atoms with Gasteiger partial charge < -0.3 is 0 Å². The Labute approximate surface area is 323 Å². The highest BCUT2D eigenvalue weighted by Crippen LogP contribution is 2.38. The molecule has 0 saturated heterocycles. The van der Waals surface area contributed by atoms with Gasteiger partial charge in [0.15, 0.2) is 0 Å². The molecule has 0 unspecified atom stereocenters. The van der Waals surface area contributed by atoms with E-state index in [-0.39, 0.29) is 0 Å². The molecule has 2 nitrogen and oxygen atoms in total. The summed E-state index contributed by atoms with van der Waals surface area (Å²) in [5, 5.41) is 2.21. The maximum Gasteiger partial charge on any atom is 0.0785 e. The molecule has 7 rings (SSSR count). The molecule has 0 bridgehead atoms. The second-order valence-electron chi connectivity index (χ2n) is 13.4. The highest BCUT2D eigenvalue weighted by Gasteiger charge is 2.15. The average molecular weight is 715 g/mol. The Morgan fingerprint density at radius 1 is 0.556 bits per heavy atom. The minimum Gasteiger partial charge on any atom is -0.255 e. The van der Waals surface area contributed by atoms with Crippen LogP contribution in [0.5, 0.6) is 0 Å². The summed E-state index contributed by atoms with van der Waals surface area (Å²) in [4.78, 5) is 10.5. The first-order valence-corrected chi connectivity index (χ1v) is 19.0. The van der Waals surface area contributed by atoms with Crippen LogP contribution in [0.2, 0.25) is 0 Å². The third-order valence-electron chi connectivity index (χ3n) is 9.12. The number of aryl methyl sites for hydroxylation is 1. The van der Waals surface area contributed by atoms with Crippen molar-refractivity contribution in [3.63, 3.8) is 0 Å². The molecule has 0 saturated carbocycles. The van der Waals surface area contributed by atoms with Crippen LogP contribution in [-0.2, 0) is 6.42 Å². The normalized spacial score (nSPS) is 10.2. The summed E-state index contributed by atoms with van der Waals surface area (Å²) in [5.41, 5.74) is 13.6. The zero-order chi connectivity index (χ0) is 38.7. The van der Waals surface area contributed by atoms with Crippen LogP contribution >= 0.6 is 0 Å². The minimum absolute atomic E-state index is 0.500. The molecule has 0 N–H and O–H groups in total. The summed E-state index contributed by atoms with van der Waals surface area (Å²) in [6.45, 7) is 13.7. The fourth-order valence-electron chi connectivity index (χ4n) is 6.16. The van der Waals surface area contributed by atoms with Crippen LogP contribution < -0.4 is 0 Å². The van der Waals surface area contributed by atoms with Crippen molar-refractivity contribution in [1.82, 2.24) is 9.97 Å². The molecule has 0 aliphatic carbocycles.